The number of hydrogen-bond acceptors (Lipinski definition) is 5. The fraction of sp³-hybridized carbons (Fsp3) is 0.357. The maximum Gasteiger partial charge on any atom is 0.299 e. The lowest BCUT2D eigenvalue weighted by atomic mass is 10.0. The number of benzene rings is 1. The summed E-state index contributed by atoms with van der Waals surface area (Å²) in [5, 5.41) is 10.7. The minimum absolute atomic E-state index is 0.0221. The lowest BCUT2D eigenvalue weighted by Crippen LogP contribution is -2.36. The SMILES string of the molecule is CCC(C)C(=O)CN1C(=O)C(=O)c2cc([N+](=O)[O-])ccc21. The third-order valence-corrected chi connectivity index (χ3v) is 3.64. The van der Waals surface area contributed by atoms with Gasteiger partial charge in [-0.2, -0.15) is 0 Å². The molecule has 0 saturated heterocycles. The summed E-state index contributed by atoms with van der Waals surface area (Å²) in [7, 11) is 0. The first-order valence-electron chi connectivity index (χ1n) is 6.54. The number of Topliss-reactive ketones (excluding diaryl/α,β-unsaturated/α-hetero) is 2. The predicted octanol–water partition coefficient (Wildman–Crippen LogP) is 1.74. The van der Waals surface area contributed by atoms with Crippen molar-refractivity contribution >= 4 is 28.8 Å². The molecule has 110 valence electrons. The van der Waals surface area contributed by atoms with Gasteiger partial charge in [-0.3, -0.25) is 29.4 Å². The number of hydrogen-bond donors (Lipinski definition) is 0. The molecule has 1 aromatic rings. The van der Waals surface area contributed by atoms with Crippen LogP contribution in [0.15, 0.2) is 18.2 Å². The predicted molar refractivity (Wildman–Crippen MR) is 74.2 cm³/mol. The average molecular weight is 290 g/mol. The highest BCUT2D eigenvalue weighted by Crippen LogP contribution is 2.32. The molecule has 1 amide bonds. The molecule has 1 atom stereocenters. The molecule has 0 saturated carbocycles. The van der Waals surface area contributed by atoms with Gasteiger partial charge in [0.2, 0.25) is 0 Å². The van der Waals surface area contributed by atoms with Gasteiger partial charge in [-0.15, -0.1) is 0 Å². The quantitative estimate of drug-likeness (QED) is 0.467. The average Bonchev–Trinajstić information content (AvgIpc) is 2.71. The van der Waals surface area contributed by atoms with Gasteiger partial charge in [0, 0.05) is 18.1 Å². The highest BCUT2D eigenvalue weighted by atomic mass is 16.6. The van der Waals surface area contributed by atoms with Crippen LogP contribution in [0.1, 0.15) is 30.6 Å². The van der Waals surface area contributed by atoms with Crippen molar-refractivity contribution in [3.05, 3.63) is 33.9 Å². The second-order valence-electron chi connectivity index (χ2n) is 4.95. The Morgan fingerprint density at radius 3 is 2.62 bits per heavy atom. The van der Waals surface area contributed by atoms with Crippen molar-refractivity contribution in [3.8, 4) is 0 Å². The van der Waals surface area contributed by atoms with E-state index < -0.39 is 16.6 Å². The number of nitro groups is 1. The third-order valence-electron chi connectivity index (χ3n) is 3.64. The Hall–Kier alpha value is -2.57. The Balaban J connectivity index is 2.36. The summed E-state index contributed by atoms with van der Waals surface area (Å²) in [6.07, 6.45) is 0.641. The molecule has 0 radical (unpaired) electrons. The maximum atomic E-state index is 12.0. The summed E-state index contributed by atoms with van der Waals surface area (Å²) in [5.41, 5.74) is -0.0246. The van der Waals surface area contributed by atoms with E-state index in [4.69, 9.17) is 0 Å². The Kier molecular flexibility index (Phi) is 3.84. The molecule has 1 unspecified atom stereocenters. The summed E-state index contributed by atoms with van der Waals surface area (Å²) < 4.78 is 0. The van der Waals surface area contributed by atoms with E-state index in [9.17, 15) is 24.5 Å². The van der Waals surface area contributed by atoms with Crippen LogP contribution in [0.2, 0.25) is 0 Å². The molecule has 1 aromatic carbocycles. The number of nitrogens with zero attached hydrogens (tertiary/aromatic N) is 2. The van der Waals surface area contributed by atoms with Gasteiger partial charge < -0.3 is 0 Å². The van der Waals surface area contributed by atoms with Crippen molar-refractivity contribution in [1.82, 2.24) is 0 Å². The van der Waals surface area contributed by atoms with E-state index in [-0.39, 0.29) is 35.2 Å². The second-order valence-corrected chi connectivity index (χ2v) is 4.95. The van der Waals surface area contributed by atoms with Crippen LogP contribution in [0.3, 0.4) is 0 Å². The summed E-state index contributed by atoms with van der Waals surface area (Å²) in [6, 6.07) is 3.62. The monoisotopic (exact) mass is 290 g/mol. The first kappa shape index (κ1) is 14.8. The van der Waals surface area contributed by atoms with Crippen LogP contribution in [-0.4, -0.2) is 28.9 Å². The molecule has 0 spiro atoms. The Morgan fingerprint density at radius 2 is 2.05 bits per heavy atom. The third kappa shape index (κ3) is 2.54. The topological polar surface area (TPSA) is 97.6 Å². The molecular formula is C14H14N2O5. The smallest absolute Gasteiger partial charge is 0.297 e. The van der Waals surface area contributed by atoms with Crippen LogP contribution in [0.5, 0.6) is 0 Å². The van der Waals surface area contributed by atoms with Crippen molar-refractivity contribution < 1.29 is 19.3 Å². The van der Waals surface area contributed by atoms with Gasteiger partial charge >= 0.3 is 0 Å². The Bertz CT molecular complexity index is 653. The number of amides is 1. The van der Waals surface area contributed by atoms with Gasteiger partial charge in [0.15, 0.2) is 5.78 Å². The highest BCUT2D eigenvalue weighted by Gasteiger charge is 2.38. The number of non-ortho nitro benzene ring substituents is 1. The van der Waals surface area contributed by atoms with Crippen molar-refractivity contribution in [2.45, 2.75) is 20.3 Å². The largest absolute Gasteiger partial charge is 0.299 e. The number of carbonyl (C=O) groups is 3. The van der Waals surface area contributed by atoms with Gasteiger partial charge in [-0.1, -0.05) is 13.8 Å². The molecular weight excluding hydrogens is 276 g/mol. The molecule has 21 heavy (non-hydrogen) atoms. The molecule has 0 aromatic heterocycles. The summed E-state index contributed by atoms with van der Waals surface area (Å²) >= 11 is 0. The maximum absolute atomic E-state index is 12.0. The van der Waals surface area contributed by atoms with Crippen molar-refractivity contribution in [2.75, 3.05) is 11.4 Å². The molecule has 0 aliphatic carbocycles. The molecule has 0 N–H and O–H groups in total. The van der Waals surface area contributed by atoms with Crippen LogP contribution in [-0.2, 0) is 9.59 Å². The van der Waals surface area contributed by atoms with E-state index in [1.165, 1.54) is 12.1 Å². The first-order valence-corrected chi connectivity index (χ1v) is 6.54. The summed E-state index contributed by atoms with van der Waals surface area (Å²) in [6.45, 7) is 3.42. The molecule has 1 aliphatic rings. The van der Waals surface area contributed by atoms with Crippen molar-refractivity contribution in [3.63, 3.8) is 0 Å². The van der Waals surface area contributed by atoms with E-state index in [2.05, 4.69) is 0 Å². The minimum atomic E-state index is -0.817. The minimum Gasteiger partial charge on any atom is -0.297 e. The van der Waals surface area contributed by atoms with Crippen LogP contribution in [0.25, 0.3) is 0 Å². The van der Waals surface area contributed by atoms with Gasteiger partial charge in [0.05, 0.1) is 22.7 Å². The number of anilines is 1. The van der Waals surface area contributed by atoms with E-state index in [0.29, 0.717) is 6.42 Å². The van der Waals surface area contributed by atoms with Crippen LogP contribution in [0.4, 0.5) is 11.4 Å². The van der Waals surface area contributed by atoms with E-state index in [1.807, 2.05) is 6.92 Å². The fourth-order valence-corrected chi connectivity index (χ4v) is 2.10. The zero-order chi connectivity index (χ0) is 15.7. The van der Waals surface area contributed by atoms with Crippen molar-refractivity contribution in [2.24, 2.45) is 5.92 Å². The molecule has 1 heterocycles. The zero-order valence-corrected chi connectivity index (χ0v) is 11.7. The zero-order valence-electron chi connectivity index (χ0n) is 11.7. The molecule has 7 nitrogen and oxygen atoms in total. The normalized spacial score (nSPS) is 15.0. The number of ketones is 2. The fourth-order valence-electron chi connectivity index (χ4n) is 2.10. The van der Waals surface area contributed by atoms with E-state index in [1.54, 1.807) is 6.92 Å². The van der Waals surface area contributed by atoms with E-state index >= 15 is 0 Å². The van der Waals surface area contributed by atoms with Crippen LogP contribution < -0.4 is 4.90 Å². The van der Waals surface area contributed by atoms with Gasteiger partial charge in [0.1, 0.15) is 0 Å². The molecule has 1 aliphatic heterocycles. The number of carbonyl (C=O) groups excluding carboxylic acids is 3. The first-order chi connectivity index (χ1) is 9.86. The molecule has 2 rings (SSSR count). The Labute approximate surface area is 120 Å². The van der Waals surface area contributed by atoms with Gasteiger partial charge in [-0.25, -0.2) is 0 Å². The summed E-state index contributed by atoms with van der Waals surface area (Å²) in [5.74, 6) is -1.99. The highest BCUT2D eigenvalue weighted by molar-refractivity contribution is 6.52. The van der Waals surface area contributed by atoms with Crippen molar-refractivity contribution in [1.29, 1.82) is 0 Å². The van der Waals surface area contributed by atoms with Crippen LogP contribution in [0, 0.1) is 16.0 Å². The summed E-state index contributed by atoms with van der Waals surface area (Å²) in [4.78, 5) is 47.0. The van der Waals surface area contributed by atoms with Crippen LogP contribution >= 0.6 is 0 Å². The Morgan fingerprint density at radius 1 is 1.38 bits per heavy atom. The lowest BCUT2D eigenvalue weighted by Gasteiger charge is -2.17. The number of nitro benzene ring substituents is 1. The number of fused-ring (bicyclic) bond motifs is 1. The number of rotatable bonds is 5. The molecule has 0 fully saturated rings. The molecule has 0 bridgehead atoms. The van der Waals surface area contributed by atoms with Gasteiger partial charge in [-0.05, 0) is 12.5 Å². The molecule has 7 heteroatoms. The van der Waals surface area contributed by atoms with Gasteiger partial charge in [0.25, 0.3) is 17.4 Å². The standard InChI is InChI=1S/C14H14N2O5/c1-3-8(2)12(17)7-15-11-5-4-9(16(20)21)6-10(11)13(18)14(15)19/h4-6,8H,3,7H2,1-2H3. The van der Waals surface area contributed by atoms with E-state index in [0.717, 1.165) is 11.0 Å². The second kappa shape index (κ2) is 5.43. The lowest BCUT2D eigenvalue weighted by molar-refractivity contribution is -0.384.